The average molecular weight is 379 g/mol. The third-order valence-electron chi connectivity index (χ3n) is 3.07. The fourth-order valence-corrected chi connectivity index (χ4v) is 3.98. The number of carbonyl (C=O) groups excluding carboxylic acids is 1. The first kappa shape index (κ1) is 16.8. The average Bonchev–Trinajstić information content (AvgIpc) is 2.95. The molecule has 3 rings (SSSR count). The van der Waals surface area contributed by atoms with Crippen molar-refractivity contribution < 1.29 is 14.7 Å². The lowest BCUT2D eigenvalue weighted by Gasteiger charge is -2.04. The Morgan fingerprint density at radius 2 is 1.96 bits per heavy atom. The van der Waals surface area contributed by atoms with Gasteiger partial charge in [-0.2, -0.15) is 0 Å². The number of thiazole rings is 1. The summed E-state index contributed by atoms with van der Waals surface area (Å²) in [7, 11) is 0. The van der Waals surface area contributed by atoms with Gasteiger partial charge in [0, 0.05) is 10.7 Å². The lowest BCUT2D eigenvalue weighted by molar-refractivity contribution is -0.113. The summed E-state index contributed by atoms with van der Waals surface area (Å²) in [6.45, 7) is 0. The van der Waals surface area contributed by atoms with Gasteiger partial charge in [-0.1, -0.05) is 23.4 Å². The van der Waals surface area contributed by atoms with Gasteiger partial charge >= 0.3 is 5.97 Å². The molecule has 8 heteroatoms. The van der Waals surface area contributed by atoms with Crippen LogP contribution in [0.3, 0.4) is 0 Å². The summed E-state index contributed by atoms with van der Waals surface area (Å²) in [5.41, 5.74) is 1.55. The monoisotopic (exact) mass is 378 g/mol. The van der Waals surface area contributed by atoms with Crippen LogP contribution in [0.1, 0.15) is 10.4 Å². The fraction of sp³-hybridized carbons (Fsp3) is 0.0625. The molecule has 2 aromatic carbocycles. The molecule has 122 valence electrons. The van der Waals surface area contributed by atoms with Crippen molar-refractivity contribution >= 4 is 62.5 Å². The largest absolute Gasteiger partial charge is 0.478 e. The second-order valence-corrected chi connectivity index (χ2v) is 7.50. The van der Waals surface area contributed by atoms with E-state index in [9.17, 15) is 9.59 Å². The minimum absolute atomic E-state index is 0.176. The lowest BCUT2D eigenvalue weighted by atomic mass is 10.2. The Morgan fingerprint density at radius 3 is 2.67 bits per heavy atom. The molecule has 3 aromatic rings. The highest BCUT2D eigenvalue weighted by Crippen LogP contribution is 2.31. The molecule has 0 unspecified atom stereocenters. The van der Waals surface area contributed by atoms with Crippen molar-refractivity contribution in [2.24, 2.45) is 0 Å². The third-order valence-corrected chi connectivity index (χ3v) is 5.49. The number of benzene rings is 2. The maximum Gasteiger partial charge on any atom is 0.335 e. The molecule has 0 aliphatic heterocycles. The van der Waals surface area contributed by atoms with Crippen LogP contribution >= 0.6 is 34.7 Å². The van der Waals surface area contributed by atoms with E-state index in [1.807, 2.05) is 12.1 Å². The Hall–Kier alpha value is -2.09. The summed E-state index contributed by atoms with van der Waals surface area (Å²) in [4.78, 5) is 27.2. The van der Waals surface area contributed by atoms with E-state index in [-0.39, 0.29) is 17.2 Å². The number of carboxylic acid groups (broad SMARTS) is 1. The molecular formula is C16H11ClN2O3S2. The molecular weight excluding hydrogens is 368 g/mol. The summed E-state index contributed by atoms with van der Waals surface area (Å²) in [6, 6.07) is 11.5. The first-order valence-corrected chi connectivity index (χ1v) is 9.01. The van der Waals surface area contributed by atoms with Crippen LogP contribution in [0.25, 0.3) is 10.2 Å². The third kappa shape index (κ3) is 4.05. The molecule has 1 amide bonds. The maximum atomic E-state index is 12.0. The van der Waals surface area contributed by atoms with Gasteiger partial charge in [-0.05, 0) is 42.5 Å². The van der Waals surface area contributed by atoms with Crippen molar-refractivity contribution in [3.8, 4) is 0 Å². The number of amides is 1. The second-order valence-electron chi connectivity index (χ2n) is 4.81. The number of nitrogens with one attached hydrogen (secondary N) is 1. The van der Waals surface area contributed by atoms with Crippen LogP contribution in [-0.4, -0.2) is 27.7 Å². The minimum atomic E-state index is -1.00. The number of rotatable bonds is 5. The number of hydrogen-bond acceptors (Lipinski definition) is 5. The van der Waals surface area contributed by atoms with Crippen molar-refractivity contribution in [1.29, 1.82) is 0 Å². The zero-order valence-corrected chi connectivity index (χ0v) is 14.5. The molecule has 0 spiro atoms. The predicted molar refractivity (Wildman–Crippen MR) is 97.4 cm³/mol. The van der Waals surface area contributed by atoms with Crippen LogP contribution in [0, 0.1) is 0 Å². The Labute approximate surface area is 150 Å². The van der Waals surface area contributed by atoms with Crippen molar-refractivity contribution in [2.45, 2.75) is 4.34 Å². The van der Waals surface area contributed by atoms with Crippen LogP contribution in [0.15, 0.2) is 46.8 Å². The summed E-state index contributed by atoms with van der Waals surface area (Å²) < 4.78 is 1.82. The van der Waals surface area contributed by atoms with Gasteiger partial charge in [-0.3, -0.25) is 4.79 Å². The number of aromatic carboxylic acids is 1. The van der Waals surface area contributed by atoms with Crippen LogP contribution in [0.5, 0.6) is 0 Å². The number of anilines is 1. The van der Waals surface area contributed by atoms with E-state index in [1.165, 1.54) is 35.2 Å². The van der Waals surface area contributed by atoms with Crippen LogP contribution in [0.2, 0.25) is 5.02 Å². The Bertz CT molecular complexity index is 909. The van der Waals surface area contributed by atoms with Crippen LogP contribution in [-0.2, 0) is 4.79 Å². The smallest absolute Gasteiger partial charge is 0.335 e. The highest BCUT2D eigenvalue weighted by atomic mass is 35.5. The normalized spacial score (nSPS) is 10.7. The zero-order chi connectivity index (χ0) is 17.1. The molecule has 0 saturated heterocycles. The number of thioether (sulfide) groups is 1. The summed E-state index contributed by atoms with van der Waals surface area (Å²) in [5, 5.41) is 12.2. The van der Waals surface area contributed by atoms with Crippen molar-refractivity contribution in [2.75, 3.05) is 11.1 Å². The van der Waals surface area contributed by atoms with Gasteiger partial charge in [0.25, 0.3) is 0 Å². The van der Waals surface area contributed by atoms with E-state index in [2.05, 4.69) is 10.3 Å². The van der Waals surface area contributed by atoms with Crippen molar-refractivity contribution in [3.63, 3.8) is 0 Å². The summed E-state index contributed by atoms with van der Waals surface area (Å²) >= 11 is 8.79. The summed E-state index contributed by atoms with van der Waals surface area (Å²) in [5.74, 6) is -0.964. The first-order chi connectivity index (χ1) is 11.5. The SMILES string of the molecule is O=C(CSc1nc2cc(Cl)ccc2s1)Nc1ccc(C(=O)O)cc1. The number of carbonyl (C=O) groups is 2. The summed E-state index contributed by atoms with van der Waals surface area (Å²) in [6.07, 6.45) is 0. The second kappa shape index (κ2) is 7.21. The van der Waals surface area contributed by atoms with Gasteiger partial charge < -0.3 is 10.4 Å². The lowest BCUT2D eigenvalue weighted by Crippen LogP contribution is -2.14. The van der Waals surface area contributed by atoms with Crippen LogP contribution < -0.4 is 5.32 Å². The maximum absolute atomic E-state index is 12.0. The molecule has 0 aliphatic rings. The van der Waals surface area contributed by atoms with E-state index in [0.29, 0.717) is 10.7 Å². The van der Waals surface area contributed by atoms with Crippen molar-refractivity contribution in [3.05, 3.63) is 53.1 Å². The van der Waals surface area contributed by atoms with Crippen molar-refractivity contribution in [1.82, 2.24) is 4.98 Å². The molecule has 1 aromatic heterocycles. The number of nitrogens with zero attached hydrogens (tertiary/aromatic N) is 1. The van der Waals surface area contributed by atoms with E-state index in [0.717, 1.165) is 14.6 Å². The molecule has 0 atom stereocenters. The van der Waals surface area contributed by atoms with E-state index in [4.69, 9.17) is 16.7 Å². The van der Waals surface area contributed by atoms with Gasteiger partial charge in [-0.15, -0.1) is 11.3 Å². The van der Waals surface area contributed by atoms with Gasteiger partial charge in [0.2, 0.25) is 5.91 Å². The highest BCUT2D eigenvalue weighted by molar-refractivity contribution is 8.01. The van der Waals surface area contributed by atoms with Gasteiger partial charge in [0.05, 0.1) is 21.5 Å². The number of fused-ring (bicyclic) bond motifs is 1. The fourth-order valence-electron chi connectivity index (χ4n) is 1.96. The molecule has 1 heterocycles. The van der Waals surface area contributed by atoms with E-state index in [1.54, 1.807) is 18.2 Å². The first-order valence-electron chi connectivity index (χ1n) is 6.83. The molecule has 0 radical (unpaired) electrons. The molecule has 0 saturated carbocycles. The van der Waals surface area contributed by atoms with Crippen LogP contribution in [0.4, 0.5) is 5.69 Å². The number of aromatic nitrogens is 1. The number of hydrogen-bond donors (Lipinski definition) is 2. The highest BCUT2D eigenvalue weighted by Gasteiger charge is 2.09. The van der Waals surface area contributed by atoms with Gasteiger partial charge in [0.15, 0.2) is 4.34 Å². The van der Waals surface area contributed by atoms with Gasteiger partial charge in [-0.25, -0.2) is 9.78 Å². The van der Waals surface area contributed by atoms with E-state index >= 15 is 0 Å². The molecule has 0 fully saturated rings. The molecule has 5 nitrogen and oxygen atoms in total. The minimum Gasteiger partial charge on any atom is -0.478 e. The number of halogens is 1. The Balaban J connectivity index is 1.59. The molecule has 0 bridgehead atoms. The van der Waals surface area contributed by atoms with Gasteiger partial charge in [0.1, 0.15) is 0 Å². The standard InChI is InChI=1S/C16H11ClN2O3S2/c17-10-3-6-13-12(7-10)19-16(24-13)23-8-14(20)18-11-4-1-9(2-5-11)15(21)22/h1-7H,8H2,(H,18,20)(H,21,22). The Morgan fingerprint density at radius 1 is 1.21 bits per heavy atom. The Kier molecular flexibility index (Phi) is 5.03. The molecule has 0 aliphatic carbocycles. The number of carboxylic acids is 1. The predicted octanol–water partition coefficient (Wildman–Crippen LogP) is 4.38. The topological polar surface area (TPSA) is 79.3 Å². The molecule has 24 heavy (non-hydrogen) atoms. The van der Waals surface area contributed by atoms with E-state index < -0.39 is 5.97 Å². The molecule has 2 N–H and O–H groups in total. The zero-order valence-electron chi connectivity index (χ0n) is 12.2. The quantitative estimate of drug-likeness (QED) is 0.644.